The highest BCUT2D eigenvalue weighted by atomic mass is 32.2. The van der Waals surface area contributed by atoms with Crippen LogP contribution in [0, 0.1) is 11.5 Å². The van der Waals surface area contributed by atoms with Gasteiger partial charge in [0.2, 0.25) is 0 Å². The third kappa shape index (κ3) is 6.08. The number of hydrogen-bond donors (Lipinski definition) is 1. The fourth-order valence-electron chi connectivity index (χ4n) is 1.85. The van der Waals surface area contributed by atoms with Gasteiger partial charge in [0.1, 0.15) is 8.07 Å². The van der Waals surface area contributed by atoms with E-state index in [2.05, 4.69) is 54.9 Å². The molecule has 0 aliphatic heterocycles. The van der Waals surface area contributed by atoms with Crippen LogP contribution in [0.4, 0.5) is 0 Å². The predicted molar refractivity (Wildman–Crippen MR) is 101 cm³/mol. The Morgan fingerprint density at radius 3 is 2.09 bits per heavy atom. The second-order valence-electron chi connectivity index (χ2n) is 7.91. The van der Waals surface area contributed by atoms with E-state index >= 15 is 0 Å². The summed E-state index contributed by atoms with van der Waals surface area (Å²) >= 11 is 0. The molecule has 4 heteroatoms. The minimum atomic E-state index is -1.40. The van der Waals surface area contributed by atoms with Gasteiger partial charge in [0, 0.05) is 6.42 Å². The molecule has 0 radical (unpaired) electrons. The third-order valence-electron chi connectivity index (χ3n) is 3.19. The average molecular weight is 336 g/mol. The van der Waals surface area contributed by atoms with Crippen LogP contribution in [0.25, 0.3) is 0 Å². The summed E-state index contributed by atoms with van der Waals surface area (Å²) in [5, 5.41) is 0. The first kappa shape index (κ1) is 19.2. The lowest BCUT2D eigenvalue weighted by Crippen LogP contribution is -2.46. The Kier molecular flexibility index (Phi) is 6.20. The molecule has 0 bridgehead atoms. The topological polar surface area (TPSA) is 29.1 Å². The van der Waals surface area contributed by atoms with Crippen molar-refractivity contribution in [2.45, 2.75) is 64.0 Å². The van der Waals surface area contributed by atoms with Crippen LogP contribution in [-0.2, 0) is 16.5 Å². The van der Waals surface area contributed by atoms with Crippen LogP contribution in [0.3, 0.4) is 0 Å². The molecule has 0 aromatic heterocycles. The molecule has 0 heterocycles. The highest BCUT2D eigenvalue weighted by molar-refractivity contribution is 7.84. The van der Waals surface area contributed by atoms with Crippen LogP contribution in [0.1, 0.15) is 39.7 Å². The summed E-state index contributed by atoms with van der Waals surface area (Å²) < 4.78 is 15.6. The molecule has 0 aliphatic carbocycles. The quantitative estimate of drug-likeness (QED) is 0.647. The van der Waals surface area contributed by atoms with Gasteiger partial charge in [-0.25, -0.2) is 8.93 Å². The third-order valence-corrected chi connectivity index (χ3v) is 5.87. The van der Waals surface area contributed by atoms with E-state index in [0.717, 1.165) is 5.56 Å². The van der Waals surface area contributed by atoms with Crippen molar-refractivity contribution in [2.75, 3.05) is 0 Å². The summed E-state index contributed by atoms with van der Waals surface area (Å²) in [5.41, 5.74) is 4.12. The van der Waals surface area contributed by atoms with Gasteiger partial charge in [0.25, 0.3) is 0 Å². The normalized spacial score (nSPS) is 16.3. The van der Waals surface area contributed by atoms with Crippen molar-refractivity contribution in [1.29, 1.82) is 0 Å². The zero-order chi connectivity index (χ0) is 17.0. The minimum absolute atomic E-state index is 0.303. The van der Waals surface area contributed by atoms with Crippen molar-refractivity contribution < 1.29 is 4.21 Å². The van der Waals surface area contributed by atoms with Crippen LogP contribution in [0.15, 0.2) is 30.3 Å². The molecule has 22 heavy (non-hydrogen) atoms. The number of benzene rings is 1. The van der Waals surface area contributed by atoms with Gasteiger partial charge in [-0.1, -0.05) is 50.0 Å². The molecule has 0 saturated carbocycles. The van der Waals surface area contributed by atoms with E-state index in [9.17, 15) is 4.21 Å². The fourth-order valence-corrected chi connectivity index (χ4v) is 3.37. The Hall–Kier alpha value is -0.893. The van der Waals surface area contributed by atoms with Crippen molar-refractivity contribution in [3.63, 3.8) is 0 Å². The predicted octanol–water partition coefficient (Wildman–Crippen LogP) is 4.22. The van der Waals surface area contributed by atoms with E-state index in [1.54, 1.807) is 0 Å². The van der Waals surface area contributed by atoms with Crippen LogP contribution >= 0.6 is 0 Å². The molecular formula is C18H29NOSSi. The summed E-state index contributed by atoms with van der Waals surface area (Å²) in [6.45, 7) is 14.7. The minimum Gasteiger partial charge on any atom is -0.242 e. The van der Waals surface area contributed by atoms with Crippen molar-refractivity contribution in [1.82, 2.24) is 4.72 Å². The van der Waals surface area contributed by atoms with Crippen molar-refractivity contribution in [2.24, 2.45) is 0 Å². The zero-order valence-electron chi connectivity index (χ0n) is 14.9. The molecule has 1 rings (SSSR count). The van der Waals surface area contributed by atoms with Gasteiger partial charge in [-0.2, -0.15) is 0 Å². The van der Waals surface area contributed by atoms with Gasteiger partial charge in [-0.15, -0.1) is 11.5 Å². The van der Waals surface area contributed by atoms with Gasteiger partial charge in [0.05, 0.1) is 21.3 Å². The Morgan fingerprint density at radius 2 is 1.64 bits per heavy atom. The summed E-state index contributed by atoms with van der Waals surface area (Å²) in [4.78, 5) is 0. The molecule has 1 N–H and O–H groups in total. The lowest BCUT2D eigenvalue weighted by molar-refractivity contribution is 0.452. The molecule has 122 valence electrons. The first-order valence-corrected chi connectivity index (χ1v) is 12.3. The van der Waals surface area contributed by atoms with E-state index in [1.807, 2.05) is 39.0 Å². The molecule has 2 nitrogen and oxygen atoms in total. The molecular weight excluding hydrogens is 306 g/mol. The maximum Gasteiger partial charge on any atom is 0.129 e. The van der Waals surface area contributed by atoms with Crippen LogP contribution < -0.4 is 4.72 Å². The van der Waals surface area contributed by atoms with Gasteiger partial charge in [-0.05, 0) is 33.3 Å². The Labute approximate surface area is 139 Å². The van der Waals surface area contributed by atoms with Crippen molar-refractivity contribution >= 4 is 19.1 Å². The first-order valence-electron chi connectivity index (χ1n) is 7.69. The van der Waals surface area contributed by atoms with E-state index in [4.69, 9.17) is 0 Å². The lowest BCUT2D eigenvalue weighted by Gasteiger charge is -2.32. The van der Waals surface area contributed by atoms with Gasteiger partial charge >= 0.3 is 0 Å². The zero-order valence-corrected chi connectivity index (χ0v) is 16.7. The molecule has 0 spiro atoms. The standard InChI is InChI=1S/C18H29NOSSi/c1-17(2,3)21(20)19-18(4,14-11-15-22(5,6)7)16-12-9-8-10-13-16/h8-10,12-13,19H,14H2,1-7H3/t18-,21+/m0/s1. The Morgan fingerprint density at radius 1 is 1.09 bits per heavy atom. The average Bonchev–Trinajstić information content (AvgIpc) is 2.37. The molecule has 0 aliphatic rings. The summed E-state index contributed by atoms with van der Waals surface area (Å²) in [5.74, 6) is 3.34. The van der Waals surface area contributed by atoms with Crippen molar-refractivity contribution in [3.05, 3.63) is 35.9 Å². The maximum absolute atomic E-state index is 12.6. The molecule has 2 atom stereocenters. The van der Waals surface area contributed by atoms with Gasteiger partial charge in [0.15, 0.2) is 0 Å². The highest BCUT2D eigenvalue weighted by Gasteiger charge is 2.31. The van der Waals surface area contributed by atoms with Gasteiger partial charge < -0.3 is 0 Å². The Bertz CT molecular complexity index is 575. The van der Waals surface area contributed by atoms with E-state index < -0.39 is 24.6 Å². The maximum atomic E-state index is 12.6. The van der Waals surface area contributed by atoms with E-state index in [0.29, 0.717) is 6.42 Å². The van der Waals surface area contributed by atoms with Crippen LogP contribution in [0.2, 0.25) is 19.6 Å². The molecule has 0 fully saturated rings. The van der Waals surface area contributed by atoms with E-state index in [1.165, 1.54) is 0 Å². The molecule has 1 aromatic carbocycles. The summed E-state index contributed by atoms with van der Waals surface area (Å²) in [6.07, 6.45) is 0.656. The van der Waals surface area contributed by atoms with Crippen LogP contribution in [0.5, 0.6) is 0 Å². The van der Waals surface area contributed by atoms with Crippen molar-refractivity contribution in [3.8, 4) is 11.5 Å². The van der Waals surface area contributed by atoms with Crippen LogP contribution in [-0.4, -0.2) is 17.0 Å². The lowest BCUT2D eigenvalue weighted by atomic mass is 9.90. The first-order chi connectivity index (χ1) is 9.94. The molecule has 0 saturated heterocycles. The SMILES string of the molecule is CC(C)(C)[S@@](=O)N[C@@](C)(CC#C[Si](C)(C)C)c1ccccc1. The number of hydrogen-bond acceptors (Lipinski definition) is 1. The molecule has 0 amide bonds. The second-order valence-corrected chi connectivity index (χ2v) is 14.6. The summed E-state index contributed by atoms with van der Waals surface area (Å²) in [6, 6.07) is 10.2. The second kappa shape index (κ2) is 7.12. The van der Waals surface area contributed by atoms with Gasteiger partial charge in [-0.3, -0.25) is 0 Å². The molecule has 0 unspecified atom stereocenters. The Balaban J connectivity index is 3.10. The highest BCUT2D eigenvalue weighted by Crippen LogP contribution is 2.26. The monoisotopic (exact) mass is 335 g/mol. The number of rotatable bonds is 4. The number of nitrogens with one attached hydrogen (secondary N) is 1. The molecule has 1 aromatic rings. The van der Waals surface area contributed by atoms with E-state index in [-0.39, 0.29) is 4.75 Å². The largest absolute Gasteiger partial charge is 0.242 e. The summed E-state index contributed by atoms with van der Waals surface area (Å²) in [7, 11) is -2.54. The smallest absolute Gasteiger partial charge is 0.129 e. The fraction of sp³-hybridized carbons (Fsp3) is 0.556.